The van der Waals surface area contributed by atoms with E-state index in [1.54, 1.807) is 17.0 Å². The van der Waals surface area contributed by atoms with Crippen LogP contribution in [0.1, 0.15) is 0 Å². The van der Waals surface area contributed by atoms with Gasteiger partial charge in [0.05, 0.1) is 12.6 Å². The highest BCUT2D eigenvalue weighted by molar-refractivity contribution is 5.74. The molecule has 0 spiro atoms. The zero-order chi connectivity index (χ0) is 14.9. The molecule has 0 radical (unpaired) electrons. The van der Waals surface area contributed by atoms with Crippen molar-refractivity contribution in [1.82, 2.24) is 4.90 Å². The molecule has 2 aromatic rings. The molecule has 1 amide bonds. The van der Waals surface area contributed by atoms with E-state index >= 15 is 0 Å². The predicted molar refractivity (Wildman–Crippen MR) is 84.8 cm³/mol. The zero-order valence-corrected chi connectivity index (χ0v) is 12.0. The van der Waals surface area contributed by atoms with Crippen molar-refractivity contribution in [1.29, 1.82) is 0 Å². The molecule has 2 aliphatic rings. The van der Waals surface area contributed by atoms with Gasteiger partial charge in [0.15, 0.2) is 0 Å². The molecule has 22 heavy (non-hydrogen) atoms. The summed E-state index contributed by atoms with van der Waals surface area (Å²) < 4.78 is 5.46. The summed E-state index contributed by atoms with van der Waals surface area (Å²) in [4.78, 5) is 16.4. The van der Waals surface area contributed by atoms with Crippen LogP contribution in [0.15, 0.2) is 72.8 Å². The van der Waals surface area contributed by atoms with Gasteiger partial charge in [-0.15, -0.1) is 0 Å². The van der Waals surface area contributed by atoms with Gasteiger partial charge in [0, 0.05) is 5.69 Å². The second-order valence-electron chi connectivity index (χ2n) is 5.44. The van der Waals surface area contributed by atoms with E-state index in [0.29, 0.717) is 12.3 Å². The lowest BCUT2D eigenvalue weighted by Crippen LogP contribution is -2.41. The van der Waals surface area contributed by atoms with Gasteiger partial charge in [-0.25, -0.2) is 4.79 Å². The van der Waals surface area contributed by atoms with Gasteiger partial charge in [-0.05, 0) is 30.3 Å². The van der Waals surface area contributed by atoms with Crippen LogP contribution in [-0.2, 0) is 0 Å². The first-order chi connectivity index (χ1) is 10.8. The molecule has 0 N–H and O–H groups in total. The summed E-state index contributed by atoms with van der Waals surface area (Å²) in [5, 5.41) is 0. The molecule has 0 unspecified atom stereocenters. The number of anilines is 1. The zero-order valence-electron chi connectivity index (χ0n) is 12.0. The van der Waals surface area contributed by atoms with Crippen LogP contribution in [0.5, 0.6) is 5.75 Å². The Morgan fingerprint density at radius 2 is 1.64 bits per heavy atom. The number of amides is 1. The lowest BCUT2D eigenvalue weighted by molar-refractivity contribution is 0.153. The number of nitrogens with zero attached hydrogens (tertiary/aromatic N) is 2. The van der Waals surface area contributed by atoms with Crippen LogP contribution in [0.4, 0.5) is 10.5 Å². The van der Waals surface area contributed by atoms with Crippen molar-refractivity contribution in [2.75, 3.05) is 11.4 Å². The number of para-hydroxylation sites is 2. The monoisotopic (exact) mass is 292 g/mol. The molecular weight excluding hydrogens is 276 g/mol. The average molecular weight is 292 g/mol. The Bertz CT molecular complexity index is 700. The molecule has 0 saturated carbocycles. The number of benzene rings is 2. The minimum absolute atomic E-state index is 0.0661. The third-order valence-corrected chi connectivity index (χ3v) is 4.09. The third kappa shape index (κ3) is 2.13. The molecule has 2 bridgehead atoms. The Morgan fingerprint density at radius 1 is 0.955 bits per heavy atom. The summed E-state index contributed by atoms with van der Waals surface area (Å²) in [5.74, 6) is 0.575. The molecule has 0 aromatic heterocycles. The highest BCUT2D eigenvalue weighted by Crippen LogP contribution is 2.34. The summed E-state index contributed by atoms with van der Waals surface area (Å²) in [6.45, 7) is 0.654. The second-order valence-corrected chi connectivity index (χ2v) is 5.44. The van der Waals surface area contributed by atoms with E-state index in [0.717, 1.165) is 5.69 Å². The quantitative estimate of drug-likeness (QED) is 0.796. The normalized spacial score (nSPS) is 22.2. The maximum atomic E-state index is 12.4. The van der Waals surface area contributed by atoms with Crippen LogP contribution in [0.3, 0.4) is 0 Å². The molecule has 1 saturated heterocycles. The van der Waals surface area contributed by atoms with E-state index in [9.17, 15) is 4.79 Å². The van der Waals surface area contributed by atoms with Gasteiger partial charge < -0.3 is 9.64 Å². The Hall–Kier alpha value is -2.75. The van der Waals surface area contributed by atoms with Crippen molar-refractivity contribution >= 4 is 11.8 Å². The van der Waals surface area contributed by atoms with Crippen molar-refractivity contribution < 1.29 is 9.53 Å². The molecule has 1 fully saturated rings. The molecular formula is C18H16N2O2. The van der Waals surface area contributed by atoms with Crippen LogP contribution in [-0.4, -0.2) is 29.7 Å². The van der Waals surface area contributed by atoms with Crippen LogP contribution in [0, 0.1) is 0 Å². The molecule has 4 rings (SSSR count). The highest BCUT2D eigenvalue weighted by atomic mass is 16.6. The minimum Gasteiger partial charge on any atom is -0.410 e. The van der Waals surface area contributed by atoms with E-state index in [1.807, 2.05) is 36.4 Å². The Labute approximate surface area is 129 Å². The fraction of sp³-hybridized carbons (Fsp3) is 0.167. The first-order valence-corrected chi connectivity index (χ1v) is 7.38. The molecule has 4 nitrogen and oxygen atoms in total. The predicted octanol–water partition coefficient (Wildman–Crippen LogP) is 3.27. The molecule has 0 aliphatic carbocycles. The lowest BCUT2D eigenvalue weighted by atomic mass is 10.2. The minimum atomic E-state index is -0.302. The van der Waals surface area contributed by atoms with Crippen molar-refractivity contribution in [2.24, 2.45) is 0 Å². The van der Waals surface area contributed by atoms with E-state index < -0.39 is 0 Å². The van der Waals surface area contributed by atoms with Gasteiger partial charge in [-0.3, -0.25) is 4.90 Å². The largest absolute Gasteiger partial charge is 0.417 e. The van der Waals surface area contributed by atoms with E-state index in [2.05, 4.69) is 29.2 Å². The fourth-order valence-corrected chi connectivity index (χ4v) is 3.10. The summed E-state index contributed by atoms with van der Waals surface area (Å²) in [5.41, 5.74) is 1.12. The van der Waals surface area contributed by atoms with Gasteiger partial charge in [0.25, 0.3) is 0 Å². The third-order valence-electron chi connectivity index (χ3n) is 4.09. The molecule has 2 aromatic carbocycles. The topological polar surface area (TPSA) is 32.8 Å². The highest BCUT2D eigenvalue weighted by Gasteiger charge is 2.44. The number of carbonyl (C=O) groups excluding carboxylic acids is 1. The molecule has 2 heterocycles. The number of carbonyl (C=O) groups is 1. The molecule has 4 heteroatoms. The van der Waals surface area contributed by atoms with Gasteiger partial charge in [-0.1, -0.05) is 42.5 Å². The lowest BCUT2D eigenvalue weighted by Gasteiger charge is -2.26. The number of hydrogen-bond acceptors (Lipinski definition) is 3. The number of ether oxygens (including phenoxy) is 1. The fourth-order valence-electron chi connectivity index (χ4n) is 3.10. The summed E-state index contributed by atoms with van der Waals surface area (Å²) in [6.07, 6.45) is 3.85. The van der Waals surface area contributed by atoms with Gasteiger partial charge in [0.1, 0.15) is 11.9 Å². The second kappa shape index (κ2) is 5.22. The number of rotatable bonds is 2. The van der Waals surface area contributed by atoms with E-state index in [1.165, 1.54) is 0 Å². The van der Waals surface area contributed by atoms with Crippen molar-refractivity contribution in [3.05, 3.63) is 72.8 Å². The van der Waals surface area contributed by atoms with Gasteiger partial charge in [-0.2, -0.15) is 0 Å². The maximum Gasteiger partial charge on any atom is 0.417 e. The maximum absolute atomic E-state index is 12.4. The van der Waals surface area contributed by atoms with Crippen molar-refractivity contribution in [2.45, 2.75) is 12.2 Å². The molecule has 2 atom stereocenters. The first kappa shape index (κ1) is 13.0. The summed E-state index contributed by atoms with van der Waals surface area (Å²) >= 11 is 0. The van der Waals surface area contributed by atoms with Crippen LogP contribution >= 0.6 is 0 Å². The standard InChI is InChI=1S/C18H16N2O2/c21-18(22-16-9-5-2-6-10-16)19-13-15-11-12-17(19)20(15)14-7-3-1-4-8-14/h1-12,15,17H,13H2/t15-,17+/m1/s1. The van der Waals surface area contributed by atoms with E-state index in [4.69, 9.17) is 4.74 Å². The SMILES string of the molecule is O=C(Oc1ccccc1)N1C[C@H]2C=C[C@@H]1N2c1ccccc1. The summed E-state index contributed by atoms with van der Waals surface area (Å²) in [6, 6.07) is 19.6. The number of fused-ring (bicyclic) bond motifs is 2. The molecule has 110 valence electrons. The average Bonchev–Trinajstić information content (AvgIpc) is 3.14. The van der Waals surface area contributed by atoms with Gasteiger partial charge >= 0.3 is 6.09 Å². The van der Waals surface area contributed by atoms with E-state index in [-0.39, 0.29) is 18.3 Å². The Kier molecular flexibility index (Phi) is 3.07. The van der Waals surface area contributed by atoms with Crippen molar-refractivity contribution in [3.8, 4) is 5.75 Å². The number of hydrogen-bond donors (Lipinski definition) is 0. The van der Waals surface area contributed by atoms with Gasteiger partial charge in [0.2, 0.25) is 0 Å². The Balaban J connectivity index is 1.53. The van der Waals surface area contributed by atoms with Crippen LogP contribution in [0.25, 0.3) is 0 Å². The smallest absolute Gasteiger partial charge is 0.410 e. The van der Waals surface area contributed by atoms with Crippen LogP contribution in [0.2, 0.25) is 0 Å². The first-order valence-electron chi connectivity index (χ1n) is 7.38. The Morgan fingerprint density at radius 3 is 2.36 bits per heavy atom. The molecule has 2 aliphatic heterocycles. The van der Waals surface area contributed by atoms with Crippen LogP contribution < -0.4 is 9.64 Å². The van der Waals surface area contributed by atoms with Crippen molar-refractivity contribution in [3.63, 3.8) is 0 Å². The summed E-state index contributed by atoms with van der Waals surface area (Å²) in [7, 11) is 0.